The van der Waals surface area contributed by atoms with Crippen molar-refractivity contribution in [2.75, 3.05) is 26.7 Å². The summed E-state index contributed by atoms with van der Waals surface area (Å²) in [6.45, 7) is 6.44. The monoisotopic (exact) mass is 315 g/mol. The summed E-state index contributed by atoms with van der Waals surface area (Å²) in [7, 11) is 1.38. The van der Waals surface area contributed by atoms with Crippen molar-refractivity contribution in [3.63, 3.8) is 0 Å². The number of rotatable bonds is 14. The molecule has 0 bridgehead atoms. The summed E-state index contributed by atoms with van der Waals surface area (Å²) < 4.78 is 4.63. The van der Waals surface area contributed by atoms with E-state index in [0.717, 1.165) is 18.9 Å². The van der Waals surface area contributed by atoms with Gasteiger partial charge < -0.3 is 14.7 Å². The highest BCUT2D eigenvalue weighted by molar-refractivity contribution is 5.69. The summed E-state index contributed by atoms with van der Waals surface area (Å²) in [6.07, 6.45) is 7.76. The van der Waals surface area contributed by atoms with E-state index in [0.29, 0.717) is 19.5 Å². The fraction of sp³-hybridized carbons (Fsp3) is 0.882. The van der Waals surface area contributed by atoms with Crippen molar-refractivity contribution < 1.29 is 19.4 Å². The van der Waals surface area contributed by atoms with E-state index >= 15 is 0 Å². The molecule has 1 N–H and O–H groups in total. The Bertz CT molecular complexity index is 305. The molecule has 0 aliphatic heterocycles. The quantitative estimate of drug-likeness (QED) is 0.393. The molecular formula is C17H33NO4. The van der Waals surface area contributed by atoms with Crippen LogP contribution in [0.4, 0.5) is 0 Å². The molecule has 0 spiro atoms. The van der Waals surface area contributed by atoms with E-state index in [2.05, 4.69) is 23.5 Å². The molecule has 0 aromatic rings. The van der Waals surface area contributed by atoms with E-state index in [4.69, 9.17) is 5.11 Å². The molecule has 0 rings (SSSR count). The van der Waals surface area contributed by atoms with Crippen LogP contribution in [0.25, 0.3) is 0 Å². The first-order valence-corrected chi connectivity index (χ1v) is 8.46. The Labute approximate surface area is 135 Å². The minimum absolute atomic E-state index is 0.121. The normalized spacial score (nSPS) is 11.1. The zero-order valence-corrected chi connectivity index (χ0v) is 14.5. The number of hydrogen-bond acceptors (Lipinski definition) is 4. The van der Waals surface area contributed by atoms with Crippen LogP contribution in [0.5, 0.6) is 0 Å². The number of carbonyl (C=O) groups excluding carboxylic acids is 1. The summed E-state index contributed by atoms with van der Waals surface area (Å²) in [6, 6.07) is 0. The van der Waals surface area contributed by atoms with Crippen molar-refractivity contribution in [2.24, 2.45) is 5.92 Å². The van der Waals surface area contributed by atoms with Crippen molar-refractivity contribution in [1.82, 2.24) is 4.90 Å². The molecule has 0 saturated heterocycles. The van der Waals surface area contributed by atoms with Crippen molar-refractivity contribution in [3.8, 4) is 0 Å². The number of carbonyl (C=O) groups is 2. The predicted octanol–water partition coefficient (Wildman–Crippen LogP) is 3.32. The minimum Gasteiger partial charge on any atom is -0.481 e. The third-order valence-electron chi connectivity index (χ3n) is 3.76. The number of methoxy groups -OCH3 is 1. The molecule has 0 fully saturated rings. The van der Waals surface area contributed by atoms with Gasteiger partial charge in [-0.2, -0.15) is 0 Å². The second-order valence-corrected chi connectivity index (χ2v) is 6.26. The third-order valence-corrected chi connectivity index (χ3v) is 3.76. The average Bonchev–Trinajstić information content (AvgIpc) is 2.47. The summed E-state index contributed by atoms with van der Waals surface area (Å²) >= 11 is 0. The van der Waals surface area contributed by atoms with Crippen LogP contribution >= 0.6 is 0 Å². The maximum absolute atomic E-state index is 11.2. The first-order valence-electron chi connectivity index (χ1n) is 8.46. The van der Waals surface area contributed by atoms with Gasteiger partial charge in [-0.05, 0) is 18.9 Å². The highest BCUT2D eigenvalue weighted by Crippen LogP contribution is 2.11. The third kappa shape index (κ3) is 13.9. The number of esters is 1. The lowest BCUT2D eigenvalue weighted by Gasteiger charge is -2.20. The Morgan fingerprint density at radius 3 is 2.14 bits per heavy atom. The van der Waals surface area contributed by atoms with Crippen LogP contribution in [-0.2, 0) is 14.3 Å². The van der Waals surface area contributed by atoms with Crippen molar-refractivity contribution >= 4 is 11.9 Å². The maximum Gasteiger partial charge on any atom is 0.306 e. The van der Waals surface area contributed by atoms with Crippen LogP contribution < -0.4 is 0 Å². The number of carboxylic acids is 1. The zero-order valence-electron chi connectivity index (χ0n) is 14.5. The van der Waals surface area contributed by atoms with E-state index in [9.17, 15) is 9.59 Å². The van der Waals surface area contributed by atoms with Crippen molar-refractivity contribution in [2.45, 2.75) is 65.2 Å². The molecule has 0 radical (unpaired) electrons. The molecule has 0 saturated carbocycles. The molecule has 0 aromatic heterocycles. The largest absolute Gasteiger partial charge is 0.481 e. The number of nitrogens with zero attached hydrogens (tertiary/aromatic N) is 1. The molecule has 0 heterocycles. The molecule has 0 aliphatic carbocycles. The van der Waals surface area contributed by atoms with E-state index in [1.807, 2.05) is 0 Å². The summed E-state index contributed by atoms with van der Waals surface area (Å²) in [4.78, 5) is 23.9. The Morgan fingerprint density at radius 2 is 1.55 bits per heavy atom. The summed E-state index contributed by atoms with van der Waals surface area (Å²) in [5, 5.41) is 8.78. The Kier molecular flexibility index (Phi) is 12.9. The van der Waals surface area contributed by atoms with Gasteiger partial charge in [-0.3, -0.25) is 9.59 Å². The minimum atomic E-state index is -0.795. The van der Waals surface area contributed by atoms with Crippen molar-refractivity contribution in [3.05, 3.63) is 0 Å². The first-order chi connectivity index (χ1) is 10.5. The van der Waals surface area contributed by atoms with Gasteiger partial charge in [-0.25, -0.2) is 0 Å². The van der Waals surface area contributed by atoms with Crippen LogP contribution in [0.2, 0.25) is 0 Å². The van der Waals surface area contributed by atoms with Crippen LogP contribution in [-0.4, -0.2) is 48.7 Å². The SMILES string of the molecule is COC(=O)CCN(CCCCCCCC(C)C)CCC(=O)O. The predicted molar refractivity (Wildman–Crippen MR) is 87.9 cm³/mol. The number of carboxylic acid groups (broad SMARTS) is 1. The number of aliphatic carboxylic acids is 1. The Hall–Kier alpha value is -1.10. The van der Waals surface area contributed by atoms with Crippen molar-refractivity contribution in [1.29, 1.82) is 0 Å². The molecule has 0 amide bonds. The average molecular weight is 315 g/mol. The van der Waals surface area contributed by atoms with Gasteiger partial charge in [0.1, 0.15) is 0 Å². The highest BCUT2D eigenvalue weighted by atomic mass is 16.5. The van der Waals surface area contributed by atoms with E-state index in [1.54, 1.807) is 0 Å². The molecular weight excluding hydrogens is 282 g/mol. The van der Waals surface area contributed by atoms with Gasteiger partial charge in [0, 0.05) is 13.1 Å². The summed E-state index contributed by atoms with van der Waals surface area (Å²) in [5.74, 6) is -0.254. The lowest BCUT2D eigenvalue weighted by atomic mass is 10.0. The maximum atomic E-state index is 11.2. The molecule has 5 nitrogen and oxygen atoms in total. The summed E-state index contributed by atoms with van der Waals surface area (Å²) in [5.41, 5.74) is 0. The Morgan fingerprint density at radius 1 is 0.955 bits per heavy atom. The van der Waals surface area contributed by atoms with E-state index < -0.39 is 5.97 Å². The fourth-order valence-corrected chi connectivity index (χ4v) is 2.36. The van der Waals surface area contributed by atoms with Gasteiger partial charge in [0.15, 0.2) is 0 Å². The second-order valence-electron chi connectivity index (χ2n) is 6.26. The highest BCUT2D eigenvalue weighted by Gasteiger charge is 2.10. The smallest absolute Gasteiger partial charge is 0.306 e. The topological polar surface area (TPSA) is 66.8 Å². The molecule has 0 aromatic carbocycles. The lowest BCUT2D eigenvalue weighted by Crippen LogP contribution is -2.30. The van der Waals surface area contributed by atoms with Gasteiger partial charge in [0.05, 0.1) is 20.0 Å². The van der Waals surface area contributed by atoms with E-state index in [-0.39, 0.29) is 12.4 Å². The number of hydrogen-bond donors (Lipinski definition) is 1. The molecule has 0 atom stereocenters. The lowest BCUT2D eigenvalue weighted by molar-refractivity contribution is -0.140. The Balaban J connectivity index is 3.81. The molecule has 130 valence electrons. The van der Waals surface area contributed by atoms with E-state index in [1.165, 1.54) is 39.2 Å². The van der Waals surface area contributed by atoms with Gasteiger partial charge in [-0.1, -0.05) is 46.0 Å². The van der Waals surface area contributed by atoms with Gasteiger partial charge in [0.2, 0.25) is 0 Å². The number of ether oxygens (including phenoxy) is 1. The van der Waals surface area contributed by atoms with Gasteiger partial charge in [-0.15, -0.1) is 0 Å². The standard InChI is InChI=1S/C17H33NO4/c1-15(2)9-7-5-4-6-8-12-18(13-10-16(19)20)14-11-17(21)22-3/h15H,4-14H2,1-3H3,(H,19,20). The molecule has 0 unspecified atom stereocenters. The van der Waals surface area contributed by atoms with Crippen LogP contribution in [0.3, 0.4) is 0 Å². The van der Waals surface area contributed by atoms with Gasteiger partial charge >= 0.3 is 11.9 Å². The molecule has 22 heavy (non-hydrogen) atoms. The van der Waals surface area contributed by atoms with Crippen LogP contribution in [0, 0.1) is 5.92 Å². The second kappa shape index (κ2) is 13.6. The molecule has 5 heteroatoms. The zero-order chi connectivity index (χ0) is 16.8. The van der Waals surface area contributed by atoms with Crippen LogP contribution in [0.1, 0.15) is 65.2 Å². The molecule has 0 aliphatic rings. The fourth-order valence-electron chi connectivity index (χ4n) is 2.36. The number of unbranched alkanes of at least 4 members (excludes halogenated alkanes) is 4. The first kappa shape index (κ1) is 20.9. The van der Waals surface area contributed by atoms with Gasteiger partial charge in [0.25, 0.3) is 0 Å². The van der Waals surface area contributed by atoms with Crippen LogP contribution in [0.15, 0.2) is 0 Å².